The second kappa shape index (κ2) is 5.77. The van der Waals surface area contributed by atoms with Crippen LogP contribution in [-0.4, -0.2) is 17.4 Å². The maximum absolute atomic E-state index is 12.2. The molecule has 92 valence electrons. The lowest BCUT2D eigenvalue weighted by Crippen LogP contribution is -2.39. The summed E-state index contributed by atoms with van der Waals surface area (Å²) in [6, 6.07) is 7.83. The predicted molar refractivity (Wildman–Crippen MR) is 75.2 cm³/mol. The molecule has 1 rings (SSSR count). The second-order valence-corrected chi connectivity index (χ2v) is 4.52. The number of carbonyl (C=O) groups excluding carboxylic acids is 1. The third-order valence-corrected chi connectivity index (χ3v) is 3.05. The van der Waals surface area contributed by atoms with Crippen molar-refractivity contribution in [2.75, 3.05) is 11.4 Å². The molecule has 0 aliphatic rings. The first-order valence-electron chi connectivity index (χ1n) is 5.64. The molecule has 0 saturated heterocycles. The minimum absolute atomic E-state index is 0.0504. The number of anilines is 1. The zero-order chi connectivity index (χ0) is 13.0. The van der Waals surface area contributed by atoms with Gasteiger partial charge < -0.3 is 10.6 Å². The second-order valence-electron chi connectivity index (χ2n) is 4.05. The maximum atomic E-state index is 12.2. The standard InChI is InChI=1S/C13H18N2OS/c1-4-15(13(16)10(3)12(14)17)11-7-5-6-9(2)8-11/h5-8,10H,4H2,1-3H3,(H2,14,17). The van der Waals surface area contributed by atoms with Gasteiger partial charge in [-0.15, -0.1) is 0 Å². The molecule has 0 bridgehead atoms. The van der Waals surface area contributed by atoms with E-state index in [2.05, 4.69) is 0 Å². The number of thiocarbonyl (C=S) groups is 1. The van der Waals surface area contributed by atoms with E-state index in [0.29, 0.717) is 6.54 Å². The number of benzene rings is 1. The van der Waals surface area contributed by atoms with Gasteiger partial charge in [-0.25, -0.2) is 0 Å². The van der Waals surface area contributed by atoms with E-state index in [1.165, 1.54) is 0 Å². The average Bonchev–Trinajstić information content (AvgIpc) is 2.28. The third-order valence-electron chi connectivity index (χ3n) is 2.69. The van der Waals surface area contributed by atoms with Gasteiger partial charge in [0, 0.05) is 12.2 Å². The number of aryl methyl sites for hydroxylation is 1. The zero-order valence-corrected chi connectivity index (χ0v) is 11.3. The van der Waals surface area contributed by atoms with Crippen molar-refractivity contribution in [2.24, 2.45) is 11.7 Å². The van der Waals surface area contributed by atoms with Crippen LogP contribution < -0.4 is 10.6 Å². The monoisotopic (exact) mass is 250 g/mol. The fraction of sp³-hybridized carbons (Fsp3) is 0.385. The van der Waals surface area contributed by atoms with Crippen LogP contribution in [0.5, 0.6) is 0 Å². The summed E-state index contributed by atoms with van der Waals surface area (Å²) >= 11 is 4.87. The van der Waals surface area contributed by atoms with Crippen LogP contribution in [0.4, 0.5) is 5.69 Å². The Hall–Kier alpha value is -1.42. The molecule has 0 radical (unpaired) electrons. The van der Waals surface area contributed by atoms with Gasteiger partial charge in [-0.05, 0) is 38.5 Å². The molecule has 3 nitrogen and oxygen atoms in total. The Labute approximate surface area is 108 Å². The summed E-state index contributed by atoms with van der Waals surface area (Å²) in [5, 5.41) is 0. The van der Waals surface area contributed by atoms with E-state index < -0.39 is 5.92 Å². The van der Waals surface area contributed by atoms with Crippen LogP contribution in [0.15, 0.2) is 24.3 Å². The molecule has 0 aromatic heterocycles. The van der Waals surface area contributed by atoms with E-state index in [4.69, 9.17) is 18.0 Å². The fourth-order valence-corrected chi connectivity index (χ4v) is 1.72. The SMILES string of the molecule is CCN(C(=O)C(C)C(N)=S)c1cccc(C)c1. The highest BCUT2D eigenvalue weighted by Crippen LogP contribution is 2.18. The van der Waals surface area contributed by atoms with Crippen LogP contribution in [0, 0.1) is 12.8 Å². The van der Waals surface area contributed by atoms with Crippen LogP contribution in [0.25, 0.3) is 0 Å². The molecule has 1 aromatic rings. The minimum atomic E-state index is -0.425. The van der Waals surface area contributed by atoms with Gasteiger partial charge in [0.25, 0.3) is 0 Å². The Morgan fingerprint density at radius 3 is 2.65 bits per heavy atom. The highest BCUT2D eigenvalue weighted by Gasteiger charge is 2.22. The highest BCUT2D eigenvalue weighted by molar-refractivity contribution is 7.80. The number of nitrogens with zero attached hydrogens (tertiary/aromatic N) is 1. The largest absolute Gasteiger partial charge is 0.393 e. The number of hydrogen-bond acceptors (Lipinski definition) is 2. The van der Waals surface area contributed by atoms with Crippen molar-refractivity contribution in [1.82, 2.24) is 0 Å². The van der Waals surface area contributed by atoms with E-state index in [1.54, 1.807) is 11.8 Å². The molecule has 0 fully saturated rings. The fourth-order valence-electron chi connectivity index (χ4n) is 1.62. The zero-order valence-electron chi connectivity index (χ0n) is 10.4. The molecule has 4 heteroatoms. The van der Waals surface area contributed by atoms with Crippen molar-refractivity contribution in [1.29, 1.82) is 0 Å². The Morgan fingerprint density at radius 1 is 1.53 bits per heavy atom. The molecule has 0 heterocycles. The summed E-state index contributed by atoms with van der Waals surface area (Å²) in [4.78, 5) is 14.1. The first-order valence-corrected chi connectivity index (χ1v) is 6.05. The lowest BCUT2D eigenvalue weighted by Gasteiger charge is -2.24. The first-order chi connectivity index (χ1) is 7.97. The summed E-state index contributed by atoms with van der Waals surface area (Å²) in [7, 11) is 0. The Kier molecular flexibility index (Phi) is 4.63. The van der Waals surface area contributed by atoms with Crippen LogP contribution in [0.2, 0.25) is 0 Å². The van der Waals surface area contributed by atoms with Crippen LogP contribution in [0.1, 0.15) is 19.4 Å². The van der Waals surface area contributed by atoms with Gasteiger partial charge in [0.2, 0.25) is 5.91 Å². The normalized spacial score (nSPS) is 11.9. The van der Waals surface area contributed by atoms with Gasteiger partial charge in [-0.3, -0.25) is 4.79 Å². The van der Waals surface area contributed by atoms with Gasteiger partial charge in [-0.2, -0.15) is 0 Å². The molecule has 0 aliphatic carbocycles. The Bertz CT molecular complexity index is 431. The number of carbonyl (C=O) groups is 1. The van der Waals surface area contributed by atoms with E-state index in [1.807, 2.05) is 38.1 Å². The summed E-state index contributed by atoms with van der Waals surface area (Å²) < 4.78 is 0. The van der Waals surface area contributed by atoms with Crippen molar-refractivity contribution in [3.63, 3.8) is 0 Å². The third kappa shape index (κ3) is 3.27. The summed E-state index contributed by atoms with van der Waals surface area (Å²) in [6.45, 7) is 6.28. The molecule has 0 spiro atoms. The van der Waals surface area contributed by atoms with E-state index in [0.717, 1.165) is 11.3 Å². The van der Waals surface area contributed by atoms with Gasteiger partial charge in [0.05, 0.1) is 10.9 Å². The topological polar surface area (TPSA) is 46.3 Å². The van der Waals surface area contributed by atoms with Gasteiger partial charge >= 0.3 is 0 Å². The maximum Gasteiger partial charge on any atom is 0.236 e. The minimum Gasteiger partial charge on any atom is -0.393 e. The van der Waals surface area contributed by atoms with Gasteiger partial charge in [0.1, 0.15) is 0 Å². The van der Waals surface area contributed by atoms with Crippen molar-refractivity contribution < 1.29 is 4.79 Å². The van der Waals surface area contributed by atoms with Crippen LogP contribution in [-0.2, 0) is 4.79 Å². The molecule has 1 atom stereocenters. The number of hydrogen-bond donors (Lipinski definition) is 1. The van der Waals surface area contributed by atoms with Crippen LogP contribution >= 0.6 is 12.2 Å². The van der Waals surface area contributed by atoms with E-state index in [9.17, 15) is 4.79 Å². The quantitative estimate of drug-likeness (QED) is 0.834. The lowest BCUT2D eigenvalue weighted by molar-refractivity contribution is -0.120. The van der Waals surface area contributed by atoms with Crippen molar-refractivity contribution in [3.05, 3.63) is 29.8 Å². The number of nitrogens with two attached hydrogens (primary N) is 1. The Morgan fingerprint density at radius 2 is 2.18 bits per heavy atom. The summed E-state index contributed by atoms with van der Waals surface area (Å²) in [5.41, 5.74) is 7.53. The molecule has 1 amide bonds. The lowest BCUT2D eigenvalue weighted by atomic mass is 10.1. The van der Waals surface area contributed by atoms with Crippen LogP contribution in [0.3, 0.4) is 0 Å². The molecule has 17 heavy (non-hydrogen) atoms. The smallest absolute Gasteiger partial charge is 0.236 e. The summed E-state index contributed by atoms with van der Waals surface area (Å²) in [5.74, 6) is -0.476. The molecule has 1 aromatic carbocycles. The average molecular weight is 250 g/mol. The molecular formula is C13H18N2OS. The molecule has 1 unspecified atom stereocenters. The molecule has 2 N–H and O–H groups in total. The molecular weight excluding hydrogens is 232 g/mol. The van der Waals surface area contributed by atoms with E-state index in [-0.39, 0.29) is 10.9 Å². The van der Waals surface area contributed by atoms with E-state index >= 15 is 0 Å². The number of rotatable bonds is 4. The summed E-state index contributed by atoms with van der Waals surface area (Å²) in [6.07, 6.45) is 0. The Balaban J connectivity index is 3.00. The first kappa shape index (κ1) is 13.6. The predicted octanol–water partition coefficient (Wildman–Crippen LogP) is 2.27. The van der Waals surface area contributed by atoms with Gasteiger partial charge in [-0.1, -0.05) is 24.4 Å². The van der Waals surface area contributed by atoms with Crippen molar-refractivity contribution >= 4 is 28.8 Å². The van der Waals surface area contributed by atoms with Crippen molar-refractivity contribution in [3.8, 4) is 0 Å². The van der Waals surface area contributed by atoms with Gasteiger partial charge in [0.15, 0.2) is 0 Å². The molecule has 0 saturated carbocycles. The number of amides is 1. The van der Waals surface area contributed by atoms with Crippen molar-refractivity contribution in [2.45, 2.75) is 20.8 Å². The highest BCUT2D eigenvalue weighted by atomic mass is 32.1. The molecule has 0 aliphatic heterocycles.